The maximum Gasteiger partial charge on any atom is 0.358 e. The molecule has 0 N–H and O–H groups in total. The zero-order chi connectivity index (χ0) is 23.5. The van der Waals surface area contributed by atoms with Gasteiger partial charge in [0.25, 0.3) is 5.91 Å². The van der Waals surface area contributed by atoms with Crippen molar-refractivity contribution in [3.63, 3.8) is 0 Å². The molecular formula is C24H28FN3O4. The van der Waals surface area contributed by atoms with Gasteiger partial charge in [0.2, 0.25) is 0 Å². The summed E-state index contributed by atoms with van der Waals surface area (Å²) >= 11 is 0. The molecule has 1 atom stereocenters. The Morgan fingerprint density at radius 1 is 1.41 bits per heavy atom. The van der Waals surface area contributed by atoms with Crippen molar-refractivity contribution in [3.8, 4) is 18.0 Å². The molecule has 1 aromatic carbocycles. The fourth-order valence-electron chi connectivity index (χ4n) is 3.55. The van der Waals surface area contributed by atoms with Crippen LogP contribution in [0, 0.1) is 29.5 Å². The lowest BCUT2D eigenvalue weighted by Gasteiger charge is -2.26. The summed E-state index contributed by atoms with van der Waals surface area (Å²) < 4.78 is 26.5. The van der Waals surface area contributed by atoms with E-state index in [0.29, 0.717) is 31.1 Å². The molecule has 170 valence electrons. The quantitative estimate of drug-likeness (QED) is 0.463. The molecule has 8 heteroatoms. The molecule has 1 amide bonds. The summed E-state index contributed by atoms with van der Waals surface area (Å²) in [5, 5.41) is 0. The predicted octanol–water partition coefficient (Wildman–Crippen LogP) is 3.46. The minimum atomic E-state index is -0.563. The summed E-state index contributed by atoms with van der Waals surface area (Å²) in [7, 11) is 0. The number of nitrogens with zero attached hydrogens (tertiary/aromatic N) is 3. The summed E-state index contributed by atoms with van der Waals surface area (Å²) in [6, 6.07) is 4.00. The lowest BCUT2D eigenvalue weighted by molar-refractivity contribution is 0.0462. The van der Waals surface area contributed by atoms with Gasteiger partial charge in [-0.3, -0.25) is 9.36 Å². The van der Waals surface area contributed by atoms with Gasteiger partial charge in [-0.15, -0.1) is 6.42 Å². The Balaban J connectivity index is 1.89. The van der Waals surface area contributed by atoms with E-state index in [0.717, 1.165) is 0 Å². The van der Waals surface area contributed by atoms with Crippen molar-refractivity contribution in [1.29, 1.82) is 0 Å². The molecule has 3 rings (SSSR count). The average Bonchev–Trinajstić information content (AvgIpc) is 3.12. The van der Waals surface area contributed by atoms with Crippen molar-refractivity contribution in [1.82, 2.24) is 14.5 Å². The van der Waals surface area contributed by atoms with E-state index >= 15 is 0 Å². The first-order valence-electron chi connectivity index (χ1n) is 10.5. The topological polar surface area (TPSA) is 73.7 Å². The number of carbonyl (C=O) groups is 2. The van der Waals surface area contributed by atoms with Gasteiger partial charge in [0.1, 0.15) is 12.1 Å². The van der Waals surface area contributed by atoms with Crippen LogP contribution in [0.4, 0.5) is 4.39 Å². The Hall–Kier alpha value is -3.18. The zero-order valence-electron chi connectivity index (χ0n) is 18.9. The number of halogens is 1. The van der Waals surface area contributed by atoms with Crippen molar-refractivity contribution < 1.29 is 23.5 Å². The van der Waals surface area contributed by atoms with Crippen LogP contribution in [0.25, 0.3) is 5.69 Å². The summed E-state index contributed by atoms with van der Waals surface area (Å²) in [4.78, 5) is 31.6. The number of imidazole rings is 1. The fourth-order valence-corrected chi connectivity index (χ4v) is 3.55. The van der Waals surface area contributed by atoms with E-state index in [4.69, 9.17) is 15.9 Å². The molecule has 0 bridgehead atoms. The molecule has 0 aliphatic carbocycles. The van der Waals surface area contributed by atoms with E-state index in [1.807, 2.05) is 20.8 Å². The molecule has 0 spiro atoms. The number of ether oxygens (including phenoxy) is 2. The van der Waals surface area contributed by atoms with E-state index in [-0.39, 0.29) is 41.6 Å². The van der Waals surface area contributed by atoms with Crippen molar-refractivity contribution in [2.75, 3.05) is 26.4 Å². The first-order chi connectivity index (χ1) is 15.2. The maximum absolute atomic E-state index is 14.0. The van der Waals surface area contributed by atoms with Crippen LogP contribution < -0.4 is 0 Å². The second-order valence-corrected chi connectivity index (χ2v) is 8.63. The monoisotopic (exact) mass is 441 g/mol. The first kappa shape index (κ1) is 23.5. The number of hydrogen-bond donors (Lipinski definition) is 0. The molecule has 0 radical (unpaired) electrons. The van der Waals surface area contributed by atoms with E-state index < -0.39 is 11.8 Å². The molecule has 0 saturated heterocycles. The van der Waals surface area contributed by atoms with E-state index in [2.05, 4.69) is 10.9 Å². The standard InChI is InChI=1S/C24H28FN3O4/c1-6-24(4,5)14-31-13-16(3)11-27-12-20-21(23(30)32-7-2)26-15-28(20)19-9-8-17(25)10-18(19)22(27)29/h1,8-10,15-16H,7,11-14H2,2-5H3. The number of fused-ring (bicyclic) bond motifs is 3. The number of benzene rings is 1. The largest absolute Gasteiger partial charge is 0.461 e. The van der Waals surface area contributed by atoms with Gasteiger partial charge in [-0.1, -0.05) is 12.8 Å². The van der Waals surface area contributed by atoms with Crippen molar-refractivity contribution in [3.05, 3.63) is 47.3 Å². The summed E-state index contributed by atoms with van der Waals surface area (Å²) in [6.07, 6.45) is 6.96. The number of carbonyl (C=O) groups excluding carboxylic acids is 2. The molecule has 32 heavy (non-hydrogen) atoms. The predicted molar refractivity (Wildman–Crippen MR) is 117 cm³/mol. The van der Waals surface area contributed by atoms with Gasteiger partial charge in [-0.25, -0.2) is 14.2 Å². The first-order valence-corrected chi connectivity index (χ1v) is 10.5. The summed E-state index contributed by atoms with van der Waals surface area (Å²) in [6.45, 7) is 8.98. The Kier molecular flexibility index (Phi) is 6.99. The molecule has 0 saturated carbocycles. The second kappa shape index (κ2) is 9.53. The molecule has 0 fully saturated rings. The number of aromatic nitrogens is 2. The molecule has 2 aromatic rings. The van der Waals surface area contributed by atoms with Crippen molar-refractivity contribution in [2.24, 2.45) is 11.3 Å². The summed E-state index contributed by atoms with van der Waals surface area (Å²) in [5.41, 5.74) is 0.954. The Labute approximate surface area is 187 Å². The zero-order valence-corrected chi connectivity index (χ0v) is 18.9. The molecule has 1 aromatic heterocycles. The highest BCUT2D eigenvalue weighted by atomic mass is 19.1. The van der Waals surface area contributed by atoms with Crippen LogP contribution in [0.3, 0.4) is 0 Å². The van der Waals surface area contributed by atoms with Crippen LogP contribution in [0.15, 0.2) is 24.5 Å². The van der Waals surface area contributed by atoms with Crippen LogP contribution >= 0.6 is 0 Å². The van der Waals surface area contributed by atoms with Crippen LogP contribution in [-0.4, -0.2) is 52.7 Å². The van der Waals surface area contributed by atoms with Gasteiger partial charge < -0.3 is 14.4 Å². The third-order valence-electron chi connectivity index (χ3n) is 5.20. The molecule has 1 aliphatic rings. The van der Waals surface area contributed by atoms with Crippen LogP contribution in [-0.2, 0) is 16.0 Å². The van der Waals surface area contributed by atoms with Gasteiger partial charge in [0.15, 0.2) is 5.69 Å². The van der Waals surface area contributed by atoms with Crippen molar-refractivity contribution >= 4 is 11.9 Å². The van der Waals surface area contributed by atoms with E-state index in [1.165, 1.54) is 24.5 Å². The summed E-state index contributed by atoms with van der Waals surface area (Å²) in [5.74, 6) is 1.26. The highest BCUT2D eigenvalue weighted by molar-refractivity contribution is 5.99. The van der Waals surface area contributed by atoms with Crippen LogP contribution in [0.5, 0.6) is 0 Å². The fraction of sp³-hybridized carbons (Fsp3) is 0.458. The highest BCUT2D eigenvalue weighted by Gasteiger charge is 2.31. The van der Waals surface area contributed by atoms with Gasteiger partial charge >= 0.3 is 5.97 Å². The number of terminal acetylenes is 1. The number of esters is 1. The normalized spacial score (nSPS) is 14.2. The number of hydrogen-bond acceptors (Lipinski definition) is 5. The lowest BCUT2D eigenvalue weighted by Crippen LogP contribution is -2.35. The van der Waals surface area contributed by atoms with Crippen molar-refractivity contribution in [2.45, 2.75) is 34.2 Å². The smallest absolute Gasteiger partial charge is 0.358 e. The van der Waals surface area contributed by atoms with Crippen LogP contribution in [0.1, 0.15) is 54.2 Å². The number of rotatable bonds is 8. The van der Waals surface area contributed by atoms with E-state index in [9.17, 15) is 14.0 Å². The molecule has 2 heterocycles. The minimum absolute atomic E-state index is 0.0231. The van der Waals surface area contributed by atoms with E-state index in [1.54, 1.807) is 16.4 Å². The Bertz CT molecular complexity index is 1050. The maximum atomic E-state index is 14.0. The Morgan fingerprint density at radius 2 is 2.16 bits per heavy atom. The third-order valence-corrected chi connectivity index (χ3v) is 5.20. The highest BCUT2D eigenvalue weighted by Crippen LogP contribution is 2.28. The van der Waals surface area contributed by atoms with Gasteiger partial charge in [-0.05, 0) is 44.9 Å². The molecular weight excluding hydrogens is 413 g/mol. The molecule has 1 unspecified atom stereocenters. The number of amides is 1. The Morgan fingerprint density at radius 3 is 2.84 bits per heavy atom. The second-order valence-electron chi connectivity index (χ2n) is 8.63. The SMILES string of the molecule is C#CC(C)(C)COCC(C)CN1Cc2c(C(=O)OCC)ncn2-c2ccc(F)cc2C1=O. The van der Waals surface area contributed by atoms with Gasteiger partial charge in [-0.2, -0.15) is 0 Å². The third kappa shape index (κ3) is 5.00. The molecule has 1 aliphatic heterocycles. The van der Waals surface area contributed by atoms with Gasteiger partial charge in [0, 0.05) is 12.0 Å². The van der Waals surface area contributed by atoms with Crippen LogP contribution in [0.2, 0.25) is 0 Å². The van der Waals surface area contributed by atoms with Gasteiger partial charge in [0.05, 0.1) is 43.3 Å². The minimum Gasteiger partial charge on any atom is -0.461 e. The lowest BCUT2D eigenvalue weighted by atomic mass is 9.96. The average molecular weight is 442 g/mol. The molecule has 7 nitrogen and oxygen atoms in total.